The topological polar surface area (TPSA) is 49.4 Å². The summed E-state index contributed by atoms with van der Waals surface area (Å²) in [5.41, 5.74) is 0.434. The fourth-order valence-electron chi connectivity index (χ4n) is 2.41. The highest BCUT2D eigenvalue weighted by molar-refractivity contribution is 9.10. The lowest BCUT2D eigenvalue weighted by atomic mass is 9.99. The van der Waals surface area contributed by atoms with E-state index >= 15 is 0 Å². The van der Waals surface area contributed by atoms with Gasteiger partial charge in [-0.2, -0.15) is 0 Å². The van der Waals surface area contributed by atoms with Crippen molar-refractivity contribution in [3.05, 3.63) is 28.5 Å². The summed E-state index contributed by atoms with van der Waals surface area (Å²) in [5.74, 6) is -0.111. The van der Waals surface area contributed by atoms with Gasteiger partial charge in [0.2, 0.25) is 10.0 Å². The fourth-order valence-corrected chi connectivity index (χ4v) is 3.83. The van der Waals surface area contributed by atoms with Crippen molar-refractivity contribution in [2.24, 2.45) is 5.92 Å². The van der Waals surface area contributed by atoms with Crippen molar-refractivity contribution in [2.75, 3.05) is 31.2 Å². The van der Waals surface area contributed by atoms with Crippen molar-refractivity contribution < 1.29 is 12.8 Å². The van der Waals surface area contributed by atoms with Gasteiger partial charge in [-0.1, -0.05) is 6.07 Å². The average molecular weight is 365 g/mol. The molecule has 0 radical (unpaired) electrons. The van der Waals surface area contributed by atoms with Gasteiger partial charge in [-0.05, 0) is 46.8 Å². The van der Waals surface area contributed by atoms with Crippen molar-refractivity contribution in [1.29, 1.82) is 0 Å². The van der Waals surface area contributed by atoms with Crippen LogP contribution in [0.25, 0.3) is 0 Å². The zero-order chi connectivity index (χ0) is 14.8. The molecule has 7 heteroatoms. The Morgan fingerprint density at radius 3 is 2.90 bits per heavy atom. The number of para-hydroxylation sites is 1. The van der Waals surface area contributed by atoms with Crippen LogP contribution in [0, 0.1) is 11.7 Å². The predicted molar refractivity (Wildman–Crippen MR) is 81.7 cm³/mol. The Morgan fingerprint density at radius 1 is 1.50 bits per heavy atom. The highest BCUT2D eigenvalue weighted by Crippen LogP contribution is 2.26. The number of nitrogens with zero attached hydrogens (tertiary/aromatic N) is 1. The highest BCUT2D eigenvalue weighted by Gasteiger charge is 2.25. The van der Waals surface area contributed by atoms with E-state index in [0.29, 0.717) is 29.8 Å². The van der Waals surface area contributed by atoms with Gasteiger partial charge < -0.3 is 5.32 Å². The van der Waals surface area contributed by atoms with Gasteiger partial charge in [-0.25, -0.2) is 17.1 Å². The van der Waals surface area contributed by atoms with Gasteiger partial charge in [-0.3, -0.25) is 0 Å². The van der Waals surface area contributed by atoms with E-state index in [2.05, 4.69) is 21.2 Å². The number of piperidine rings is 1. The zero-order valence-electron chi connectivity index (χ0n) is 11.3. The maximum atomic E-state index is 13.7. The maximum absolute atomic E-state index is 13.7. The van der Waals surface area contributed by atoms with E-state index in [4.69, 9.17) is 0 Å². The van der Waals surface area contributed by atoms with Crippen LogP contribution in [0.3, 0.4) is 0 Å². The molecule has 0 saturated carbocycles. The van der Waals surface area contributed by atoms with Crippen molar-refractivity contribution in [1.82, 2.24) is 4.31 Å². The summed E-state index contributed by atoms with van der Waals surface area (Å²) in [4.78, 5) is 0. The number of hydrogen-bond acceptors (Lipinski definition) is 3. The first kappa shape index (κ1) is 15.7. The first-order valence-corrected chi connectivity index (χ1v) is 9.15. The molecule has 0 aromatic heterocycles. The first-order chi connectivity index (χ1) is 9.38. The number of rotatable bonds is 4. The second-order valence-electron chi connectivity index (χ2n) is 5.11. The highest BCUT2D eigenvalue weighted by atomic mass is 79.9. The number of hydrogen-bond donors (Lipinski definition) is 1. The lowest BCUT2D eigenvalue weighted by molar-refractivity contribution is 0.276. The van der Waals surface area contributed by atoms with Gasteiger partial charge in [0.15, 0.2) is 0 Å². The molecule has 1 atom stereocenters. The van der Waals surface area contributed by atoms with Crippen LogP contribution < -0.4 is 5.32 Å². The molecule has 1 saturated heterocycles. The van der Waals surface area contributed by atoms with E-state index < -0.39 is 10.0 Å². The van der Waals surface area contributed by atoms with Gasteiger partial charge in [0.1, 0.15) is 5.82 Å². The van der Waals surface area contributed by atoms with Crippen molar-refractivity contribution >= 4 is 31.6 Å². The lowest BCUT2D eigenvalue weighted by Crippen LogP contribution is -2.41. The summed E-state index contributed by atoms with van der Waals surface area (Å²) in [5, 5.41) is 3.08. The van der Waals surface area contributed by atoms with Crippen molar-refractivity contribution in [2.45, 2.75) is 12.8 Å². The number of nitrogens with one attached hydrogen (secondary N) is 1. The van der Waals surface area contributed by atoms with Crippen LogP contribution in [0.5, 0.6) is 0 Å². The Bertz CT molecular complexity index is 559. The van der Waals surface area contributed by atoms with E-state index in [1.54, 1.807) is 12.1 Å². The molecule has 0 aliphatic carbocycles. The minimum atomic E-state index is -3.14. The molecule has 1 aromatic rings. The molecule has 1 aromatic carbocycles. The molecule has 1 aliphatic heterocycles. The Balaban J connectivity index is 1.97. The number of anilines is 1. The monoisotopic (exact) mass is 364 g/mol. The predicted octanol–water partition coefficient (Wildman–Crippen LogP) is 2.67. The minimum absolute atomic E-state index is 0.199. The third-order valence-corrected chi connectivity index (χ3v) is 5.41. The van der Waals surface area contributed by atoms with Gasteiger partial charge in [-0.15, -0.1) is 0 Å². The molecular formula is C13H18BrFN2O2S. The van der Waals surface area contributed by atoms with E-state index in [1.807, 2.05) is 0 Å². The van der Waals surface area contributed by atoms with Crippen LogP contribution in [0.4, 0.5) is 10.1 Å². The van der Waals surface area contributed by atoms with Crippen LogP contribution in [0.15, 0.2) is 22.7 Å². The molecule has 112 valence electrons. The summed E-state index contributed by atoms with van der Waals surface area (Å²) < 4.78 is 39.0. The summed E-state index contributed by atoms with van der Waals surface area (Å²) in [7, 11) is -3.14. The molecule has 1 N–H and O–H groups in total. The molecule has 0 spiro atoms. The third-order valence-electron chi connectivity index (χ3n) is 3.48. The smallest absolute Gasteiger partial charge is 0.211 e. The SMILES string of the molecule is CS(=O)(=O)N1CCCC(CNc2c(F)cccc2Br)C1. The molecule has 2 rings (SSSR count). The molecule has 0 bridgehead atoms. The number of halogens is 2. The quantitative estimate of drug-likeness (QED) is 0.893. The standard InChI is InChI=1S/C13H18BrFN2O2S/c1-20(18,19)17-7-3-4-10(9-17)8-16-13-11(14)5-2-6-12(13)15/h2,5-6,10,16H,3-4,7-9H2,1H3. The van der Waals surface area contributed by atoms with Crippen molar-refractivity contribution in [3.8, 4) is 0 Å². The average Bonchev–Trinajstić information content (AvgIpc) is 2.37. The van der Waals surface area contributed by atoms with Crippen LogP contribution in [0.1, 0.15) is 12.8 Å². The summed E-state index contributed by atoms with van der Waals surface area (Å²) in [6.07, 6.45) is 3.03. The van der Waals surface area contributed by atoms with Gasteiger partial charge >= 0.3 is 0 Å². The summed E-state index contributed by atoms with van der Waals surface area (Å²) in [6.45, 7) is 1.64. The van der Waals surface area contributed by atoms with Gasteiger partial charge in [0.05, 0.1) is 11.9 Å². The van der Waals surface area contributed by atoms with Crippen LogP contribution in [-0.4, -0.2) is 38.6 Å². The molecule has 20 heavy (non-hydrogen) atoms. The Labute approximate surface area is 127 Å². The van der Waals surface area contributed by atoms with E-state index in [0.717, 1.165) is 12.8 Å². The second kappa shape index (κ2) is 6.41. The number of benzene rings is 1. The molecule has 1 aliphatic rings. The Hall–Kier alpha value is -0.660. The minimum Gasteiger partial charge on any atom is -0.381 e. The van der Waals surface area contributed by atoms with Crippen LogP contribution in [-0.2, 0) is 10.0 Å². The first-order valence-electron chi connectivity index (χ1n) is 6.51. The summed E-state index contributed by atoms with van der Waals surface area (Å²) in [6, 6.07) is 4.81. The normalized spacial score (nSPS) is 20.9. The lowest BCUT2D eigenvalue weighted by Gasteiger charge is -2.31. The molecule has 0 amide bonds. The van der Waals surface area contributed by atoms with Crippen LogP contribution >= 0.6 is 15.9 Å². The van der Waals surface area contributed by atoms with Gasteiger partial charge in [0.25, 0.3) is 0 Å². The molecule has 1 heterocycles. The second-order valence-corrected chi connectivity index (χ2v) is 7.94. The third kappa shape index (κ3) is 3.93. The molecule has 1 unspecified atom stereocenters. The van der Waals surface area contributed by atoms with E-state index in [9.17, 15) is 12.8 Å². The van der Waals surface area contributed by atoms with Crippen LogP contribution in [0.2, 0.25) is 0 Å². The maximum Gasteiger partial charge on any atom is 0.211 e. The van der Waals surface area contributed by atoms with Gasteiger partial charge in [0, 0.05) is 24.1 Å². The fraction of sp³-hybridized carbons (Fsp3) is 0.538. The van der Waals surface area contributed by atoms with Crippen molar-refractivity contribution in [3.63, 3.8) is 0 Å². The van der Waals surface area contributed by atoms with E-state index in [-0.39, 0.29) is 11.7 Å². The number of sulfonamides is 1. The zero-order valence-corrected chi connectivity index (χ0v) is 13.7. The summed E-state index contributed by atoms with van der Waals surface area (Å²) >= 11 is 3.31. The Kier molecular flexibility index (Phi) is 5.04. The Morgan fingerprint density at radius 2 is 2.25 bits per heavy atom. The largest absolute Gasteiger partial charge is 0.381 e. The molecule has 4 nitrogen and oxygen atoms in total. The molecule has 1 fully saturated rings. The van der Waals surface area contributed by atoms with E-state index in [1.165, 1.54) is 16.6 Å². The molecular weight excluding hydrogens is 347 g/mol.